The predicted octanol–water partition coefficient (Wildman–Crippen LogP) is 20.0. The Morgan fingerprint density at radius 2 is 0.671 bits per heavy atom. The van der Waals surface area contributed by atoms with Crippen molar-refractivity contribution in [3.63, 3.8) is 0 Å². The number of aliphatic hydroxyl groups excluding tert-OH is 2. The van der Waals surface area contributed by atoms with Crippen LogP contribution in [0.3, 0.4) is 0 Å². The number of hydrogen-bond donors (Lipinski definition) is 3. The summed E-state index contributed by atoms with van der Waals surface area (Å²) in [4.78, 5) is 24.6. The number of amides is 1. The lowest BCUT2D eigenvalue weighted by molar-refractivity contribution is -0.143. The van der Waals surface area contributed by atoms with Gasteiger partial charge in [0, 0.05) is 12.8 Å². The Hall–Kier alpha value is -1.40. The number of hydrogen-bond acceptors (Lipinski definition) is 5. The molecule has 6 heteroatoms. The fourth-order valence-electron chi connectivity index (χ4n) is 10.2. The van der Waals surface area contributed by atoms with Gasteiger partial charge < -0.3 is 20.3 Å². The molecule has 416 valence electrons. The van der Waals surface area contributed by atoms with Gasteiger partial charge in [-0.2, -0.15) is 0 Å². The minimum absolute atomic E-state index is 0.0118. The molecule has 1 amide bonds. The largest absolute Gasteiger partial charge is 0.466 e. The maximum absolute atomic E-state index is 12.5. The van der Waals surface area contributed by atoms with Crippen LogP contribution >= 0.6 is 0 Å². The first-order valence-electron chi connectivity index (χ1n) is 31.9. The molecule has 0 radical (unpaired) electrons. The fraction of sp³-hybridized carbons (Fsp3) is 0.938. The third-order valence-corrected chi connectivity index (χ3v) is 15.1. The number of ether oxygens (including phenoxy) is 1. The van der Waals surface area contributed by atoms with Crippen molar-refractivity contribution in [3.8, 4) is 0 Å². The van der Waals surface area contributed by atoms with Gasteiger partial charge in [-0.15, -0.1) is 0 Å². The average molecular weight is 989 g/mol. The van der Waals surface area contributed by atoms with Crippen LogP contribution in [0.5, 0.6) is 0 Å². The molecular formula is C64H125NO5. The summed E-state index contributed by atoms with van der Waals surface area (Å²) < 4.78 is 5.50. The van der Waals surface area contributed by atoms with Crippen LogP contribution in [0.25, 0.3) is 0 Å². The van der Waals surface area contributed by atoms with Crippen molar-refractivity contribution in [1.82, 2.24) is 5.32 Å². The van der Waals surface area contributed by atoms with Gasteiger partial charge in [0.25, 0.3) is 0 Å². The Morgan fingerprint density at radius 1 is 0.386 bits per heavy atom. The zero-order valence-electron chi connectivity index (χ0n) is 47.5. The lowest BCUT2D eigenvalue weighted by atomic mass is 10.0. The summed E-state index contributed by atoms with van der Waals surface area (Å²) >= 11 is 0. The molecule has 3 N–H and O–H groups in total. The van der Waals surface area contributed by atoms with Gasteiger partial charge in [0.15, 0.2) is 0 Å². The Labute approximate surface area is 438 Å². The molecule has 0 aliphatic carbocycles. The van der Waals surface area contributed by atoms with Crippen molar-refractivity contribution in [1.29, 1.82) is 0 Å². The van der Waals surface area contributed by atoms with Crippen LogP contribution in [0, 0.1) is 0 Å². The highest BCUT2D eigenvalue weighted by molar-refractivity contribution is 5.76. The van der Waals surface area contributed by atoms with E-state index in [1.165, 1.54) is 283 Å². The molecular weight excluding hydrogens is 863 g/mol. The number of nitrogens with one attached hydrogen (secondary N) is 1. The molecule has 0 aliphatic rings. The number of aliphatic hydroxyl groups is 2. The molecule has 0 spiro atoms. The lowest BCUT2D eigenvalue weighted by Gasteiger charge is -2.22. The van der Waals surface area contributed by atoms with E-state index >= 15 is 0 Å². The molecule has 0 bridgehead atoms. The molecule has 0 rings (SSSR count). The summed E-state index contributed by atoms with van der Waals surface area (Å²) in [6.45, 7) is 4.97. The van der Waals surface area contributed by atoms with Gasteiger partial charge in [0.2, 0.25) is 5.91 Å². The summed E-state index contributed by atoms with van der Waals surface area (Å²) in [5, 5.41) is 23.3. The second kappa shape index (κ2) is 60.2. The second-order valence-electron chi connectivity index (χ2n) is 22.1. The highest BCUT2D eigenvalue weighted by Crippen LogP contribution is 2.18. The van der Waals surface area contributed by atoms with E-state index in [1.54, 1.807) is 0 Å². The molecule has 0 aromatic heterocycles. The monoisotopic (exact) mass is 988 g/mol. The zero-order valence-corrected chi connectivity index (χ0v) is 47.5. The van der Waals surface area contributed by atoms with Crippen LogP contribution in [-0.2, 0) is 14.3 Å². The molecule has 0 fully saturated rings. The van der Waals surface area contributed by atoms with Gasteiger partial charge in [-0.3, -0.25) is 9.59 Å². The SMILES string of the molecule is CCCCCCCC/C=C\CCCCCCCCCC(=O)OCCCCCCCCCCCCCCCCCCCCCCCCCC(=O)NC(CO)C(O)CCCCCCCCCCCCCCC. The van der Waals surface area contributed by atoms with Crippen LogP contribution in [0.15, 0.2) is 12.2 Å². The van der Waals surface area contributed by atoms with Crippen molar-refractivity contribution in [2.24, 2.45) is 0 Å². The molecule has 0 saturated heterocycles. The van der Waals surface area contributed by atoms with Crippen LogP contribution in [0.1, 0.15) is 361 Å². The van der Waals surface area contributed by atoms with Crippen LogP contribution < -0.4 is 5.32 Å². The smallest absolute Gasteiger partial charge is 0.305 e. The first-order valence-corrected chi connectivity index (χ1v) is 31.9. The van der Waals surface area contributed by atoms with E-state index in [0.29, 0.717) is 25.9 Å². The molecule has 2 atom stereocenters. The molecule has 2 unspecified atom stereocenters. The topological polar surface area (TPSA) is 95.9 Å². The zero-order chi connectivity index (χ0) is 50.7. The number of allylic oxidation sites excluding steroid dienone is 2. The third-order valence-electron chi connectivity index (χ3n) is 15.1. The summed E-state index contributed by atoms with van der Waals surface area (Å²) in [5.41, 5.74) is 0. The number of carbonyl (C=O) groups is 2. The van der Waals surface area contributed by atoms with E-state index in [4.69, 9.17) is 4.74 Å². The maximum Gasteiger partial charge on any atom is 0.305 e. The standard InChI is InChI=1S/C64H125NO5/c1-3-5-7-9-11-13-15-17-18-26-30-34-38-42-46-50-54-58-64(69)70-59-55-51-47-43-39-35-31-28-25-23-21-19-20-22-24-27-29-33-37-41-45-49-53-57-63(68)65-61(60-66)62(67)56-52-48-44-40-36-32-16-14-12-10-8-6-4-2/h17-18,61-62,66-67H,3-16,19-60H2,1-2H3,(H,65,68)/b18-17-. The van der Waals surface area contributed by atoms with Crippen molar-refractivity contribution >= 4 is 11.9 Å². The highest BCUT2D eigenvalue weighted by Gasteiger charge is 2.20. The van der Waals surface area contributed by atoms with E-state index in [2.05, 4.69) is 31.3 Å². The second-order valence-corrected chi connectivity index (χ2v) is 22.1. The first-order chi connectivity index (χ1) is 34.5. The van der Waals surface area contributed by atoms with E-state index in [0.717, 1.165) is 44.9 Å². The molecule has 0 heterocycles. The van der Waals surface area contributed by atoms with Crippen molar-refractivity contribution in [2.45, 2.75) is 373 Å². The van der Waals surface area contributed by atoms with Crippen molar-refractivity contribution < 1.29 is 24.5 Å². The van der Waals surface area contributed by atoms with Crippen molar-refractivity contribution in [2.75, 3.05) is 13.2 Å². The van der Waals surface area contributed by atoms with Crippen LogP contribution in [-0.4, -0.2) is 47.4 Å². The Balaban J connectivity index is 3.34. The predicted molar refractivity (Wildman–Crippen MR) is 306 cm³/mol. The highest BCUT2D eigenvalue weighted by atomic mass is 16.5. The molecule has 0 aliphatic heterocycles. The number of carbonyl (C=O) groups excluding carboxylic acids is 2. The van der Waals surface area contributed by atoms with Crippen LogP contribution in [0.4, 0.5) is 0 Å². The van der Waals surface area contributed by atoms with E-state index < -0.39 is 12.1 Å². The summed E-state index contributed by atoms with van der Waals surface area (Å²) in [7, 11) is 0. The minimum Gasteiger partial charge on any atom is -0.466 e. The average Bonchev–Trinajstić information content (AvgIpc) is 3.36. The lowest BCUT2D eigenvalue weighted by Crippen LogP contribution is -2.45. The number of esters is 1. The fourth-order valence-corrected chi connectivity index (χ4v) is 10.2. The summed E-state index contributed by atoms with van der Waals surface area (Å²) in [6, 6.07) is -0.539. The Morgan fingerprint density at radius 3 is 1.01 bits per heavy atom. The molecule has 70 heavy (non-hydrogen) atoms. The molecule has 0 saturated carbocycles. The normalized spacial score (nSPS) is 12.6. The van der Waals surface area contributed by atoms with Gasteiger partial charge >= 0.3 is 5.97 Å². The minimum atomic E-state index is -0.662. The quantitative estimate of drug-likeness (QED) is 0.0321. The molecule has 6 nitrogen and oxygen atoms in total. The van der Waals surface area contributed by atoms with Gasteiger partial charge in [0.1, 0.15) is 0 Å². The van der Waals surface area contributed by atoms with Gasteiger partial charge in [-0.05, 0) is 51.4 Å². The number of rotatable bonds is 60. The van der Waals surface area contributed by atoms with Crippen LogP contribution in [0.2, 0.25) is 0 Å². The first kappa shape index (κ1) is 68.6. The van der Waals surface area contributed by atoms with Gasteiger partial charge in [0.05, 0.1) is 25.4 Å². The molecule has 0 aromatic carbocycles. The van der Waals surface area contributed by atoms with E-state index in [-0.39, 0.29) is 18.5 Å². The van der Waals surface area contributed by atoms with Gasteiger partial charge in [-0.1, -0.05) is 309 Å². The maximum atomic E-state index is 12.5. The Kier molecular flexibility index (Phi) is 59.0. The van der Waals surface area contributed by atoms with Crippen molar-refractivity contribution in [3.05, 3.63) is 12.2 Å². The summed E-state index contributed by atoms with van der Waals surface area (Å²) in [5.74, 6) is -0.0208. The number of unbranched alkanes of at least 4 members (excludes halogenated alkanes) is 47. The van der Waals surface area contributed by atoms with E-state index in [1.807, 2.05) is 0 Å². The third kappa shape index (κ3) is 55.9. The van der Waals surface area contributed by atoms with E-state index in [9.17, 15) is 19.8 Å². The van der Waals surface area contributed by atoms with Gasteiger partial charge in [-0.25, -0.2) is 0 Å². The Bertz CT molecular complexity index is 1050. The summed E-state index contributed by atoms with van der Waals surface area (Å²) in [6.07, 6.45) is 72.3. The molecule has 0 aromatic rings.